The van der Waals surface area contributed by atoms with Crippen LogP contribution in [-0.4, -0.2) is 43.7 Å². The molecule has 1 aliphatic heterocycles. The van der Waals surface area contributed by atoms with Gasteiger partial charge in [-0.1, -0.05) is 43.2 Å². The molecule has 4 rings (SSSR count). The number of hydrogen-bond donors (Lipinski definition) is 1. The van der Waals surface area contributed by atoms with Crippen molar-refractivity contribution in [2.24, 2.45) is 5.92 Å². The Morgan fingerprint density at radius 1 is 1.07 bits per heavy atom. The molecule has 28 heavy (non-hydrogen) atoms. The third kappa shape index (κ3) is 3.44. The molecular formula is C21H23N3O4. The maximum atomic E-state index is 13.0. The number of fused-ring (bicyclic) bond motifs is 1. The zero-order valence-corrected chi connectivity index (χ0v) is 15.5. The Hall–Kier alpha value is -2.96. The maximum absolute atomic E-state index is 13.0. The highest BCUT2D eigenvalue weighted by molar-refractivity contribution is 5.84. The summed E-state index contributed by atoms with van der Waals surface area (Å²) in [6.07, 6.45) is 4.36. The standard InChI is InChI=1S/C21H23N3O4/c25-19-11-10-16(14-6-2-1-3-7-14)22-23(19)13-20(26)24-17-9-5-4-8-15(17)12-18(24)21(27)28/h1-3,6-7,10-11,15,17-18H,4-5,8-9,12-13H2,(H,27,28). The monoisotopic (exact) mass is 381 g/mol. The molecule has 1 saturated carbocycles. The van der Waals surface area contributed by atoms with Gasteiger partial charge >= 0.3 is 5.97 Å². The van der Waals surface area contributed by atoms with Gasteiger partial charge in [0.1, 0.15) is 12.6 Å². The van der Waals surface area contributed by atoms with E-state index in [9.17, 15) is 19.5 Å². The molecule has 1 aliphatic carbocycles. The number of hydrogen-bond acceptors (Lipinski definition) is 4. The average Bonchev–Trinajstić information content (AvgIpc) is 3.10. The molecule has 0 spiro atoms. The zero-order chi connectivity index (χ0) is 19.7. The Labute approximate surface area is 162 Å². The summed E-state index contributed by atoms with van der Waals surface area (Å²) in [6.45, 7) is -0.244. The molecule has 2 heterocycles. The molecule has 7 heteroatoms. The van der Waals surface area contributed by atoms with Crippen LogP contribution in [0.1, 0.15) is 32.1 Å². The fourth-order valence-corrected chi connectivity index (χ4v) is 4.57. The number of carboxylic acid groups (broad SMARTS) is 1. The first-order valence-corrected chi connectivity index (χ1v) is 9.72. The Bertz CT molecular complexity index is 940. The number of nitrogens with zero attached hydrogens (tertiary/aromatic N) is 3. The summed E-state index contributed by atoms with van der Waals surface area (Å²) in [5, 5.41) is 14.0. The van der Waals surface area contributed by atoms with E-state index >= 15 is 0 Å². The van der Waals surface area contributed by atoms with E-state index in [4.69, 9.17) is 0 Å². The lowest BCUT2D eigenvalue weighted by Gasteiger charge is -2.33. The fourth-order valence-electron chi connectivity index (χ4n) is 4.57. The summed E-state index contributed by atoms with van der Waals surface area (Å²) in [5.74, 6) is -1.08. The number of benzene rings is 1. The molecule has 2 aliphatic rings. The molecule has 0 bridgehead atoms. The van der Waals surface area contributed by atoms with E-state index in [0.717, 1.165) is 35.9 Å². The van der Waals surface area contributed by atoms with Crippen molar-refractivity contribution in [2.45, 2.75) is 50.7 Å². The maximum Gasteiger partial charge on any atom is 0.326 e. The SMILES string of the molecule is O=C(O)C1CC2CCCCC2N1C(=O)Cn1nc(-c2ccccc2)ccc1=O. The van der Waals surface area contributed by atoms with Crippen molar-refractivity contribution >= 4 is 11.9 Å². The Morgan fingerprint density at radius 2 is 1.82 bits per heavy atom. The van der Waals surface area contributed by atoms with Gasteiger partial charge in [0.2, 0.25) is 5.91 Å². The van der Waals surface area contributed by atoms with Crippen molar-refractivity contribution in [1.29, 1.82) is 0 Å². The summed E-state index contributed by atoms with van der Waals surface area (Å²) >= 11 is 0. The molecule has 1 aromatic heterocycles. The predicted octanol–water partition coefficient (Wildman–Crippen LogP) is 2.15. The molecular weight excluding hydrogens is 358 g/mol. The number of likely N-dealkylation sites (tertiary alicyclic amines) is 1. The van der Waals surface area contributed by atoms with Crippen LogP contribution in [0.4, 0.5) is 0 Å². The molecule has 146 valence electrons. The highest BCUT2D eigenvalue weighted by Gasteiger charge is 2.47. The van der Waals surface area contributed by atoms with Crippen LogP contribution in [0.2, 0.25) is 0 Å². The van der Waals surface area contributed by atoms with Crippen molar-refractivity contribution in [2.75, 3.05) is 0 Å². The molecule has 7 nitrogen and oxygen atoms in total. The van der Waals surface area contributed by atoms with Crippen LogP contribution >= 0.6 is 0 Å². The van der Waals surface area contributed by atoms with Crippen molar-refractivity contribution in [3.63, 3.8) is 0 Å². The number of carbonyl (C=O) groups excluding carboxylic acids is 1. The average molecular weight is 381 g/mol. The molecule has 1 aromatic carbocycles. The van der Waals surface area contributed by atoms with E-state index in [1.807, 2.05) is 30.3 Å². The van der Waals surface area contributed by atoms with Crippen molar-refractivity contribution < 1.29 is 14.7 Å². The van der Waals surface area contributed by atoms with E-state index < -0.39 is 12.0 Å². The van der Waals surface area contributed by atoms with Gasteiger partial charge < -0.3 is 10.0 Å². The number of aliphatic carboxylic acids is 1. The molecule has 2 fully saturated rings. The molecule has 0 radical (unpaired) electrons. The topological polar surface area (TPSA) is 92.5 Å². The van der Waals surface area contributed by atoms with Crippen LogP contribution in [-0.2, 0) is 16.1 Å². The Morgan fingerprint density at radius 3 is 2.57 bits per heavy atom. The molecule has 3 atom stereocenters. The summed E-state index contributed by atoms with van der Waals surface area (Å²) in [7, 11) is 0. The van der Waals surface area contributed by atoms with Crippen LogP contribution < -0.4 is 5.56 Å². The Kier molecular flexibility index (Phi) is 4.98. The van der Waals surface area contributed by atoms with E-state index in [1.165, 1.54) is 11.0 Å². The first kappa shape index (κ1) is 18.4. The summed E-state index contributed by atoms with van der Waals surface area (Å²) in [4.78, 5) is 38.6. The van der Waals surface area contributed by atoms with E-state index in [-0.39, 0.29) is 30.0 Å². The van der Waals surface area contributed by atoms with Crippen molar-refractivity contribution in [1.82, 2.24) is 14.7 Å². The Balaban J connectivity index is 1.60. The summed E-state index contributed by atoms with van der Waals surface area (Å²) in [5.41, 5.74) is 1.07. The lowest BCUT2D eigenvalue weighted by Crippen LogP contribution is -2.48. The normalized spacial score (nSPS) is 24.0. The minimum Gasteiger partial charge on any atom is -0.480 e. The van der Waals surface area contributed by atoms with E-state index in [2.05, 4.69) is 5.10 Å². The molecule has 3 unspecified atom stereocenters. The largest absolute Gasteiger partial charge is 0.480 e. The molecule has 2 aromatic rings. The lowest BCUT2D eigenvalue weighted by molar-refractivity contribution is -0.150. The number of carboxylic acids is 1. The second-order valence-electron chi connectivity index (χ2n) is 7.58. The van der Waals surface area contributed by atoms with Crippen molar-refractivity contribution in [3.8, 4) is 11.3 Å². The highest BCUT2D eigenvalue weighted by atomic mass is 16.4. The predicted molar refractivity (Wildman–Crippen MR) is 103 cm³/mol. The van der Waals surface area contributed by atoms with Gasteiger partial charge in [0.05, 0.1) is 5.69 Å². The van der Waals surface area contributed by atoms with E-state index in [1.54, 1.807) is 6.07 Å². The second kappa shape index (κ2) is 7.58. The third-order valence-electron chi connectivity index (χ3n) is 5.88. The van der Waals surface area contributed by atoms with Gasteiger partial charge in [-0.2, -0.15) is 5.10 Å². The van der Waals surface area contributed by atoms with Gasteiger partial charge in [0, 0.05) is 17.7 Å². The number of aromatic nitrogens is 2. The van der Waals surface area contributed by atoms with Gasteiger partial charge in [-0.05, 0) is 31.2 Å². The van der Waals surface area contributed by atoms with E-state index in [0.29, 0.717) is 12.1 Å². The van der Waals surface area contributed by atoms with Crippen LogP contribution in [0.3, 0.4) is 0 Å². The van der Waals surface area contributed by atoms with Crippen LogP contribution in [0.25, 0.3) is 11.3 Å². The van der Waals surface area contributed by atoms with Gasteiger partial charge in [-0.25, -0.2) is 9.48 Å². The van der Waals surface area contributed by atoms with Gasteiger partial charge in [0.25, 0.3) is 5.56 Å². The zero-order valence-electron chi connectivity index (χ0n) is 15.5. The quantitative estimate of drug-likeness (QED) is 0.876. The number of amides is 1. The lowest BCUT2D eigenvalue weighted by atomic mass is 9.85. The van der Waals surface area contributed by atoms with Crippen LogP contribution in [0.5, 0.6) is 0 Å². The molecule has 1 amide bonds. The van der Waals surface area contributed by atoms with Gasteiger partial charge in [0.15, 0.2) is 0 Å². The summed E-state index contributed by atoms with van der Waals surface area (Å²) < 4.78 is 1.14. The van der Waals surface area contributed by atoms with Crippen LogP contribution in [0, 0.1) is 5.92 Å². The van der Waals surface area contributed by atoms with Gasteiger partial charge in [-0.15, -0.1) is 0 Å². The van der Waals surface area contributed by atoms with Gasteiger partial charge in [-0.3, -0.25) is 9.59 Å². The minimum absolute atomic E-state index is 0.0460. The highest BCUT2D eigenvalue weighted by Crippen LogP contribution is 2.39. The fraction of sp³-hybridized carbons (Fsp3) is 0.429. The summed E-state index contributed by atoms with van der Waals surface area (Å²) in [6, 6.07) is 11.6. The number of rotatable bonds is 4. The first-order chi connectivity index (χ1) is 13.5. The van der Waals surface area contributed by atoms with Crippen LogP contribution in [0.15, 0.2) is 47.3 Å². The molecule has 1 saturated heterocycles. The third-order valence-corrected chi connectivity index (χ3v) is 5.88. The first-order valence-electron chi connectivity index (χ1n) is 9.72. The minimum atomic E-state index is -0.971. The second-order valence-corrected chi connectivity index (χ2v) is 7.58. The van der Waals surface area contributed by atoms with Crippen molar-refractivity contribution in [3.05, 3.63) is 52.8 Å². The molecule has 1 N–H and O–H groups in total. The smallest absolute Gasteiger partial charge is 0.326 e. The number of carbonyl (C=O) groups is 2.